The predicted molar refractivity (Wildman–Crippen MR) is 154 cm³/mol. The van der Waals surface area contributed by atoms with Crippen molar-refractivity contribution in [1.29, 1.82) is 0 Å². The van der Waals surface area contributed by atoms with E-state index in [-0.39, 0.29) is 6.42 Å². The maximum atomic E-state index is 11.9. The molecule has 0 saturated carbocycles. The first kappa shape index (κ1) is 26.5. The number of carboxylic acid groups (broad SMARTS) is 1. The van der Waals surface area contributed by atoms with Crippen molar-refractivity contribution in [2.24, 2.45) is 0 Å². The Balaban J connectivity index is 1.73. The summed E-state index contributed by atoms with van der Waals surface area (Å²) in [6.45, 7) is 7.75. The van der Waals surface area contributed by atoms with Crippen molar-refractivity contribution in [2.45, 2.75) is 39.7 Å². The third-order valence-electron chi connectivity index (χ3n) is 5.94. The van der Waals surface area contributed by atoms with Crippen LogP contribution in [0.2, 0.25) is 5.02 Å². The van der Waals surface area contributed by atoms with E-state index in [4.69, 9.17) is 21.3 Å². The Labute approximate surface area is 233 Å². The molecule has 0 fully saturated rings. The fraction of sp³-hybridized carbons (Fsp3) is 0.207. The smallest absolute Gasteiger partial charge is 0.344 e. The highest BCUT2D eigenvalue weighted by Crippen LogP contribution is 2.45. The minimum Gasteiger partial charge on any atom is -0.487 e. The monoisotopic (exact) mass is 560 g/mol. The number of fused-ring (bicyclic) bond motifs is 1. The van der Waals surface area contributed by atoms with Crippen LogP contribution in [-0.4, -0.2) is 36.6 Å². The lowest BCUT2D eigenvalue weighted by atomic mass is 9.92. The number of H-pyrrole nitrogens is 1. The Morgan fingerprint density at radius 3 is 2.62 bits per heavy atom. The van der Waals surface area contributed by atoms with Crippen LogP contribution < -0.4 is 10.4 Å². The molecule has 0 unspecified atom stereocenters. The molecule has 0 radical (unpaired) electrons. The predicted octanol–water partition coefficient (Wildman–Crippen LogP) is 6.54. The highest BCUT2D eigenvalue weighted by molar-refractivity contribution is 7.22. The number of aliphatic carboxylic acids is 1. The molecule has 0 aliphatic carbocycles. The Bertz CT molecular complexity index is 1770. The van der Waals surface area contributed by atoms with Crippen LogP contribution in [-0.2, 0) is 11.2 Å². The van der Waals surface area contributed by atoms with E-state index in [0.717, 1.165) is 37.5 Å². The molecule has 39 heavy (non-hydrogen) atoms. The molecule has 2 aromatic carbocycles. The number of aromatic amines is 1. The Morgan fingerprint density at radius 2 is 1.92 bits per heavy atom. The van der Waals surface area contributed by atoms with E-state index in [1.54, 1.807) is 24.5 Å². The molecule has 198 valence electrons. The highest BCUT2D eigenvalue weighted by Gasteiger charge is 2.24. The van der Waals surface area contributed by atoms with Crippen molar-refractivity contribution in [1.82, 2.24) is 19.9 Å². The standard InChI is InChI=1S/C29H25ClN4O4S/c1-15-9-22-26(39-27(34-22)16-7-8-31-21(10-16)17-13-32-28(37)33-14-17)25(20(15)12-24(35)36)19-6-5-18(30)11-23(19)38-29(2,3)4/h5-11,13-14H,12H2,1-4H3,(H,35,36)(H,32,33,37). The van der Waals surface area contributed by atoms with Crippen LogP contribution in [0, 0.1) is 6.92 Å². The van der Waals surface area contributed by atoms with E-state index < -0.39 is 17.3 Å². The first-order valence-electron chi connectivity index (χ1n) is 12.1. The number of thiazole rings is 1. The summed E-state index contributed by atoms with van der Waals surface area (Å²) in [5.41, 5.74) is 4.99. The van der Waals surface area contributed by atoms with E-state index in [9.17, 15) is 14.7 Å². The normalized spacial score (nSPS) is 11.6. The third kappa shape index (κ3) is 5.69. The van der Waals surface area contributed by atoms with Gasteiger partial charge < -0.3 is 14.8 Å². The maximum Gasteiger partial charge on any atom is 0.344 e. The Morgan fingerprint density at radius 1 is 1.13 bits per heavy atom. The zero-order valence-electron chi connectivity index (χ0n) is 21.7. The van der Waals surface area contributed by atoms with Crippen LogP contribution in [0.4, 0.5) is 0 Å². The van der Waals surface area contributed by atoms with Crippen LogP contribution in [0.15, 0.2) is 59.8 Å². The van der Waals surface area contributed by atoms with Crippen LogP contribution in [0.5, 0.6) is 5.75 Å². The van der Waals surface area contributed by atoms with Gasteiger partial charge in [0.2, 0.25) is 0 Å². The minimum atomic E-state index is -0.927. The number of aryl methyl sites for hydroxylation is 1. The largest absolute Gasteiger partial charge is 0.487 e. The molecule has 0 saturated heterocycles. The summed E-state index contributed by atoms with van der Waals surface area (Å²) in [4.78, 5) is 39.0. The van der Waals surface area contributed by atoms with Gasteiger partial charge in [0, 0.05) is 45.9 Å². The highest BCUT2D eigenvalue weighted by atomic mass is 35.5. The number of halogens is 1. The number of hydrogen-bond acceptors (Lipinski definition) is 7. The van der Waals surface area contributed by atoms with Gasteiger partial charge in [-0.25, -0.2) is 14.8 Å². The second-order valence-corrected chi connectivity index (χ2v) is 11.5. The number of nitrogens with zero attached hydrogens (tertiary/aromatic N) is 3. The van der Waals surface area contributed by atoms with E-state index in [1.807, 2.05) is 52.0 Å². The molecule has 5 aromatic rings. The van der Waals surface area contributed by atoms with E-state index in [0.29, 0.717) is 27.6 Å². The number of aromatic nitrogens is 4. The second-order valence-electron chi connectivity index (χ2n) is 10.1. The van der Waals surface area contributed by atoms with Gasteiger partial charge in [0.1, 0.15) is 16.4 Å². The van der Waals surface area contributed by atoms with Gasteiger partial charge in [-0.3, -0.25) is 9.78 Å². The van der Waals surface area contributed by atoms with Crippen LogP contribution in [0.1, 0.15) is 31.9 Å². The van der Waals surface area contributed by atoms with E-state index in [1.165, 1.54) is 17.5 Å². The molecule has 0 aliphatic heterocycles. The minimum absolute atomic E-state index is 0.152. The molecule has 0 spiro atoms. The quantitative estimate of drug-likeness (QED) is 0.242. The maximum absolute atomic E-state index is 11.9. The average molecular weight is 561 g/mol. The Kier molecular flexibility index (Phi) is 6.96. The zero-order chi connectivity index (χ0) is 27.9. The number of nitrogens with one attached hydrogen (secondary N) is 1. The SMILES string of the molecule is Cc1cc2nc(-c3ccnc(-c4cnc(=O)[nH]c4)c3)sc2c(-c2ccc(Cl)cc2OC(C)(C)C)c1CC(=O)O. The average Bonchev–Trinajstić information content (AvgIpc) is 3.28. The molecule has 3 heterocycles. The number of carboxylic acids is 1. The summed E-state index contributed by atoms with van der Waals surface area (Å²) >= 11 is 7.82. The van der Waals surface area contributed by atoms with Crippen LogP contribution >= 0.6 is 22.9 Å². The van der Waals surface area contributed by atoms with E-state index >= 15 is 0 Å². The summed E-state index contributed by atoms with van der Waals surface area (Å²) < 4.78 is 7.14. The lowest BCUT2D eigenvalue weighted by Crippen LogP contribution is -2.23. The topological polar surface area (TPSA) is 118 Å². The number of benzene rings is 2. The van der Waals surface area contributed by atoms with Gasteiger partial charge in [0.05, 0.1) is 22.3 Å². The van der Waals surface area contributed by atoms with Crippen molar-refractivity contribution in [2.75, 3.05) is 0 Å². The molecular formula is C29H25ClN4O4S. The number of ether oxygens (including phenoxy) is 1. The van der Waals surface area contributed by atoms with Crippen molar-refractivity contribution in [3.05, 3.63) is 81.6 Å². The lowest BCUT2D eigenvalue weighted by molar-refractivity contribution is -0.136. The van der Waals surface area contributed by atoms with Gasteiger partial charge in [-0.1, -0.05) is 11.6 Å². The summed E-state index contributed by atoms with van der Waals surface area (Å²) in [5.74, 6) is -0.357. The molecule has 0 amide bonds. The van der Waals surface area contributed by atoms with Crippen molar-refractivity contribution >= 4 is 39.1 Å². The van der Waals surface area contributed by atoms with Crippen molar-refractivity contribution in [3.8, 4) is 38.7 Å². The van der Waals surface area contributed by atoms with Gasteiger partial charge in [0.15, 0.2) is 0 Å². The van der Waals surface area contributed by atoms with Crippen molar-refractivity contribution < 1.29 is 14.6 Å². The van der Waals surface area contributed by atoms with Gasteiger partial charge in [-0.05, 0) is 75.2 Å². The number of pyridine rings is 1. The molecule has 0 aliphatic rings. The molecule has 5 rings (SSSR count). The number of carbonyl (C=O) groups is 1. The molecule has 2 N–H and O–H groups in total. The summed E-state index contributed by atoms with van der Waals surface area (Å²) in [6.07, 6.45) is 4.57. The zero-order valence-corrected chi connectivity index (χ0v) is 23.3. The number of rotatable bonds is 6. The third-order valence-corrected chi connectivity index (χ3v) is 7.32. The van der Waals surface area contributed by atoms with Gasteiger partial charge >= 0.3 is 11.7 Å². The van der Waals surface area contributed by atoms with Crippen LogP contribution in [0.3, 0.4) is 0 Å². The molecule has 0 bridgehead atoms. The Hall–Kier alpha value is -4.08. The van der Waals surface area contributed by atoms with Gasteiger partial charge in [-0.15, -0.1) is 11.3 Å². The number of hydrogen-bond donors (Lipinski definition) is 2. The van der Waals surface area contributed by atoms with Gasteiger partial charge in [0.25, 0.3) is 0 Å². The summed E-state index contributed by atoms with van der Waals surface area (Å²) in [7, 11) is 0. The summed E-state index contributed by atoms with van der Waals surface area (Å²) in [5, 5.41) is 11.0. The lowest BCUT2D eigenvalue weighted by Gasteiger charge is -2.24. The molecule has 8 nitrogen and oxygen atoms in total. The fourth-order valence-electron chi connectivity index (χ4n) is 4.34. The van der Waals surface area contributed by atoms with E-state index in [2.05, 4.69) is 15.0 Å². The molecule has 10 heteroatoms. The first-order chi connectivity index (χ1) is 18.5. The van der Waals surface area contributed by atoms with Gasteiger partial charge in [-0.2, -0.15) is 0 Å². The first-order valence-corrected chi connectivity index (χ1v) is 13.3. The molecular weight excluding hydrogens is 536 g/mol. The molecule has 0 atom stereocenters. The van der Waals surface area contributed by atoms with Crippen molar-refractivity contribution in [3.63, 3.8) is 0 Å². The molecule has 3 aromatic heterocycles. The second kappa shape index (κ2) is 10.2. The fourth-order valence-corrected chi connectivity index (χ4v) is 5.63. The summed E-state index contributed by atoms with van der Waals surface area (Å²) in [6, 6.07) is 11.1. The van der Waals surface area contributed by atoms with Crippen LogP contribution in [0.25, 0.3) is 43.2 Å².